The molecule has 1 aliphatic rings. The Morgan fingerprint density at radius 3 is 2.30 bits per heavy atom. The van der Waals surface area contributed by atoms with Crippen molar-refractivity contribution in [3.8, 4) is 0 Å². The first-order chi connectivity index (χ1) is 9.41. The van der Waals surface area contributed by atoms with E-state index < -0.39 is 15.9 Å². The molecule has 0 aliphatic carbocycles. The number of rotatable bonds is 2. The highest BCUT2D eigenvalue weighted by Crippen LogP contribution is 2.20. The molecule has 0 saturated carbocycles. The van der Waals surface area contributed by atoms with Crippen LogP contribution in [0.3, 0.4) is 0 Å². The lowest BCUT2D eigenvalue weighted by Crippen LogP contribution is -2.39. The fraction of sp³-hybridized carbons (Fsp3) is 0.429. The minimum Gasteiger partial charge on any atom is -0.300 e. The van der Waals surface area contributed by atoms with Gasteiger partial charge in [-0.25, -0.2) is 12.7 Å². The quantitative estimate of drug-likeness (QED) is 0.832. The molecule has 0 N–H and O–H groups in total. The molecule has 0 radical (unpaired) electrons. The second kappa shape index (κ2) is 5.75. The second-order valence-electron chi connectivity index (χ2n) is 4.93. The molecule has 0 atom stereocenters. The van der Waals surface area contributed by atoms with Crippen LogP contribution in [0.5, 0.6) is 0 Å². The summed E-state index contributed by atoms with van der Waals surface area (Å²) in [6.07, 6.45) is 0.797. The van der Waals surface area contributed by atoms with Crippen LogP contribution in [0.4, 0.5) is 0 Å². The zero-order valence-electron chi connectivity index (χ0n) is 11.3. The Morgan fingerprint density at radius 1 is 1.00 bits per heavy atom. The highest BCUT2D eigenvalue weighted by molar-refractivity contribution is 7.89. The van der Waals surface area contributed by atoms with Gasteiger partial charge in [0.2, 0.25) is 5.91 Å². The highest BCUT2D eigenvalue weighted by atomic mass is 32.2. The molecule has 1 heterocycles. The van der Waals surface area contributed by atoms with Gasteiger partial charge < -0.3 is 0 Å². The molecular weight excluding hydrogens is 278 g/mol. The van der Waals surface area contributed by atoms with E-state index in [0.717, 1.165) is 9.87 Å². The maximum absolute atomic E-state index is 12.5. The zero-order chi connectivity index (χ0) is 14.8. The highest BCUT2D eigenvalue weighted by Gasteiger charge is 2.30. The molecule has 20 heavy (non-hydrogen) atoms. The summed E-state index contributed by atoms with van der Waals surface area (Å²) in [7, 11) is -3.81. The Morgan fingerprint density at radius 2 is 1.65 bits per heavy atom. The predicted molar refractivity (Wildman–Crippen MR) is 73.6 cm³/mol. The molecule has 1 saturated heterocycles. The predicted octanol–water partition coefficient (Wildman–Crippen LogP) is 1.66. The molecule has 1 aliphatic heterocycles. The standard InChI is InChI=1S/C14H17NO4S/c1-11-4-7-13(8-5-11)20(18,19)15-10-2-3-12(16)6-9-14(15)17/h4-5,7-8H,2-3,6,9-10H2,1H3. The first-order valence-corrected chi connectivity index (χ1v) is 7.99. The Kier molecular flexibility index (Phi) is 4.23. The van der Waals surface area contributed by atoms with Gasteiger partial charge in [-0.05, 0) is 25.5 Å². The molecule has 1 aromatic carbocycles. The summed E-state index contributed by atoms with van der Waals surface area (Å²) >= 11 is 0. The van der Waals surface area contributed by atoms with E-state index in [9.17, 15) is 18.0 Å². The summed E-state index contributed by atoms with van der Waals surface area (Å²) in [5.74, 6) is -0.482. The zero-order valence-corrected chi connectivity index (χ0v) is 12.1. The summed E-state index contributed by atoms with van der Waals surface area (Å²) in [5, 5.41) is 0. The van der Waals surface area contributed by atoms with Gasteiger partial charge in [-0.15, -0.1) is 0 Å². The van der Waals surface area contributed by atoms with E-state index >= 15 is 0 Å². The number of Topliss-reactive ketones (excluding diaryl/α,β-unsaturated/α-hetero) is 1. The molecule has 0 spiro atoms. The lowest BCUT2D eigenvalue weighted by Gasteiger charge is -2.24. The largest absolute Gasteiger partial charge is 0.300 e. The van der Waals surface area contributed by atoms with E-state index in [1.54, 1.807) is 12.1 Å². The first-order valence-electron chi connectivity index (χ1n) is 6.55. The molecule has 5 nitrogen and oxygen atoms in total. The molecule has 6 heteroatoms. The van der Waals surface area contributed by atoms with E-state index in [4.69, 9.17) is 0 Å². The lowest BCUT2D eigenvalue weighted by atomic mass is 10.1. The topological polar surface area (TPSA) is 71.5 Å². The average molecular weight is 295 g/mol. The first kappa shape index (κ1) is 14.7. The van der Waals surface area contributed by atoms with Crippen molar-refractivity contribution in [1.29, 1.82) is 0 Å². The molecule has 1 aromatic rings. The monoisotopic (exact) mass is 295 g/mol. The van der Waals surface area contributed by atoms with Crippen molar-refractivity contribution in [2.45, 2.75) is 37.5 Å². The third kappa shape index (κ3) is 3.07. The van der Waals surface area contributed by atoms with E-state index in [0.29, 0.717) is 12.8 Å². The van der Waals surface area contributed by atoms with Gasteiger partial charge in [-0.3, -0.25) is 9.59 Å². The van der Waals surface area contributed by atoms with Gasteiger partial charge in [-0.2, -0.15) is 0 Å². The number of amides is 1. The van der Waals surface area contributed by atoms with Crippen LogP contribution in [0.2, 0.25) is 0 Å². The Bertz CT molecular complexity index is 619. The van der Waals surface area contributed by atoms with Crippen LogP contribution in [0, 0.1) is 6.92 Å². The van der Waals surface area contributed by atoms with Gasteiger partial charge in [0.05, 0.1) is 4.90 Å². The fourth-order valence-corrected chi connectivity index (χ4v) is 3.60. The summed E-state index contributed by atoms with van der Waals surface area (Å²) < 4.78 is 25.9. The maximum atomic E-state index is 12.5. The molecule has 1 amide bonds. The van der Waals surface area contributed by atoms with E-state index in [-0.39, 0.29) is 30.1 Å². The van der Waals surface area contributed by atoms with E-state index in [1.807, 2.05) is 6.92 Å². The minimum absolute atomic E-state index is 0.0192. The van der Waals surface area contributed by atoms with Crippen LogP contribution < -0.4 is 0 Å². The van der Waals surface area contributed by atoms with Gasteiger partial charge in [0, 0.05) is 25.8 Å². The van der Waals surface area contributed by atoms with Gasteiger partial charge >= 0.3 is 0 Å². The minimum atomic E-state index is -3.81. The van der Waals surface area contributed by atoms with Crippen molar-refractivity contribution < 1.29 is 18.0 Å². The van der Waals surface area contributed by atoms with Crippen molar-refractivity contribution >= 4 is 21.7 Å². The van der Waals surface area contributed by atoms with E-state index in [2.05, 4.69) is 0 Å². The molecule has 1 fully saturated rings. The van der Waals surface area contributed by atoms with Crippen LogP contribution in [0.15, 0.2) is 29.2 Å². The van der Waals surface area contributed by atoms with Crippen molar-refractivity contribution in [1.82, 2.24) is 4.31 Å². The smallest absolute Gasteiger partial charge is 0.266 e. The van der Waals surface area contributed by atoms with Crippen molar-refractivity contribution in [3.63, 3.8) is 0 Å². The number of nitrogens with zero attached hydrogens (tertiary/aromatic N) is 1. The molecule has 0 aromatic heterocycles. The van der Waals surface area contributed by atoms with E-state index in [1.165, 1.54) is 12.1 Å². The van der Waals surface area contributed by atoms with Crippen LogP contribution in [0.25, 0.3) is 0 Å². The third-order valence-electron chi connectivity index (χ3n) is 3.32. The fourth-order valence-electron chi connectivity index (χ4n) is 2.13. The van der Waals surface area contributed by atoms with Crippen LogP contribution in [-0.2, 0) is 19.6 Å². The summed E-state index contributed by atoms with van der Waals surface area (Å²) in [6, 6.07) is 6.40. The van der Waals surface area contributed by atoms with Crippen LogP contribution in [-0.4, -0.2) is 31.0 Å². The second-order valence-corrected chi connectivity index (χ2v) is 6.79. The molecule has 0 unspecified atom stereocenters. The number of hydrogen-bond donors (Lipinski definition) is 0. The number of benzene rings is 1. The Labute approximate surface area is 118 Å². The summed E-state index contributed by atoms with van der Waals surface area (Å²) in [5.41, 5.74) is 0.952. The summed E-state index contributed by atoms with van der Waals surface area (Å²) in [4.78, 5) is 23.4. The number of hydrogen-bond acceptors (Lipinski definition) is 4. The lowest BCUT2D eigenvalue weighted by molar-refractivity contribution is -0.130. The van der Waals surface area contributed by atoms with Gasteiger partial charge in [0.25, 0.3) is 10.0 Å². The van der Waals surface area contributed by atoms with Gasteiger partial charge in [0.15, 0.2) is 0 Å². The average Bonchev–Trinajstić information content (AvgIpc) is 2.39. The van der Waals surface area contributed by atoms with Crippen molar-refractivity contribution in [3.05, 3.63) is 29.8 Å². The SMILES string of the molecule is Cc1ccc(S(=O)(=O)N2CCCC(=O)CCC2=O)cc1. The number of carbonyl (C=O) groups is 2. The molecule has 0 bridgehead atoms. The molecular formula is C14H17NO4S. The summed E-state index contributed by atoms with van der Waals surface area (Å²) in [6.45, 7) is 1.93. The Hall–Kier alpha value is -1.69. The van der Waals surface area contributed by atoms with Crippen molar-refractivity contribution in [2.75, 3.05) is 6.54 Å². The third-order valence-corrected chi connectivity index (χ3v) is 5.16. The number of aryl methyl sites for hydroxylation is 1. The maximum Gasteiger partial charge on any atom is 0.266 e. The number of carbonyl (C=O) groups excluding carboxylic acids is 2. The van der Waals surface area contributed by atoms with Crippen LogP contribution in [0.1, 0.15) is 31.2 Å². The molecule has 2 rings (SSSR count). The number of sulfonamides is 1. The van der Waals surface area contributed by atoms with Crippen LogP contribution >= 0.6 is 0 Å². The number of ketones is 1. The van der Waals surface area contributed by atoms with Gasteiger partial charge in [0.1, 0.15) is 5.78 Å². The van der Waals surface area contributed by atoms with Gasteiger partial charge in [-0.1, -0.05) is 17.7 Å². The van der Waals surface area contributed by atoms with Crippen molar-refractivity contribution in [2.24, 2.45) is 0 Å². The Balaban J connectivity index is 2.29. The normalized spacial score (nSPS) is 17.8. The molecule has 108 valence electrons.